The fourth-order valence-corrected chi connectivity index (χ4v) is 2.97. The number of furan rings is 1. The summed E-state index contributed by atoms with van der Waals surface area (Å²) in [5, 5.41) is 4.66. The monoisotopic (exact) mass is 358 g/mol. The van der Waals surface area contributed by atoms with Crippen LogP contribution in [0.25, 0.3) is 10.6 Å². The van der Waals surface area contributed by atoms with Crippen LogP contribution in [0.3, 0.4) is 0 Å². The summed E-state index contributed by atoms with van der Waals surface area (Å²) in [4.78, 5) is 27.9. The highest BCUT2D eigenvalue weighted by Crippen LogP contribution is 2.21. The summed E-state index contributed by atoms with van der Waals surface area (Å²) in [5.74, 6) is 0.381. The first-order valence-electron chi connectivity index (χ1n) is 7.89. The second-order valence-electron chi connectivity index (χ2n) is 5.33. The molecule has 0 aliphatic rings. The number of aromatic nitrogens is 1. The molecule has 3 aromatic heterocycles. The van der Waals surface area contributed by atoms with E-state index in [-0.39, 0.29) is 11.5 Å². The first-order valence-corrected chi connectivity index (χ1v) is 8.77. The Morgan fingerprint density at radius 2 is 2.16 bits per heavy atom. The molecule has 0 aromatic carbocycles. The van der Waals surface area contributed by atoms with Gasteiger partial charge in [0.2, 0.25) is 0 Å². The van der Waals surface area contributed by atoms with Gasteiger partial charge in [-0.3, -0.25) is 9.59 Å². The van der Waals surface area contributed by atoms with E-state index in [2.05, 4.69) is 10.3 Å². The topological polar surface area (TPSA) is 84.3 Å². The minimum absolute atomic E-state index is 0.108. The zero-order chi connectivity index (χ0) is 17.5. The zero-order valence-electron chi connectivity index (χ0n) is 13.5. The fraction of sp³-hybridized carbons (Fsp3) is 0.222. The number of thiophene rings is 1. The molecule has 3 heterocycles. The van der Waals surface area contributed by atoms with Crippen LogP contribution >= 0.6 is 11.3 Å². The number of pyridine rings is 1. The van der Waals surface area contributed by atoms with Crippen molar-refractivity contribution in [1.82, 2.24) is 10.3 Å². The largest absolute Gasteiger partial charge is 0.467 e. The Bertz CT molecular complexity index is 854. The van der Waals surface area contributed by atoms with Crippen LogP contribution in [0.5, 0.6) is 0 Å². The molecule has 1 amide bonds. The van der Waals surface area contributed by atoms with Crippen molar-refractivity contribution in [3.63, 3.8) is 0 Å². The molecule has 0 radical (unpaired) electrons. The molecule has 0 aliphatic heterocycles. The molecule has 0 spiro atoms. The van der Waals surface area contributed by atoms with Gasteiger partial charge in [0.15, 0.2) is 0 Å². The molecule has 130 valence electrons. The van der Waals surface area contributed by atoms with Crippen LogP contribution in [0, 0.1) is 0 Å². The molecule has 0 saturated heterocycles. The minimum atomic E-state index is -0.391. The summed E-state index contributed by atoms with van der Waals surface area (Å²) < 4.78 is 10.6. The van der Waals surface area contributed by atoms with Crippen molar-refractivity contribution in [3.8, 4) is 10.6 Å². The SMILES string of the molecule is O=C(NCCCOCc1ccco1)c1ccc(-c2cccs2)[nH]c1=O. The van der Waals surface area contributed by atoms with Gasteiger partial charge in [-0.05, 0) is 42.1 Å². The lowest BCUT2D eigenvalue weighted by atomic mass is 10.2. The lowest BCUT2D eigenvalue weighted by molar-refractivity contribution is 0.0916. The lowest BCUT2D eigenvalue weighted by Crippen LogP contribution is -2.30. The zero-order valence-corrected chi connectivity index (χ0v) is 14.3. The smallest absolute Gasteiger partial charge is 0.261 e. The van der Waals surface area contributed by atoms with E-state index in [4.69, 9.17) is 9.15 Å². The first-order chi connectivity index (χ1) is 12.2. The Hall–Kier alpha value is -2.64. The maximum absolute atomic E-state index is 12.1. The van der Waals surface area contributed by atoms with E-state index in [1.807, 2.05) is 23.6 Å². The Morgan fingerprint density at radius 3 is 2.88 bits per heavy atom. The molecule has 25 heavy (non-hydrogen) atoms. The number of rotatable bonds is 8. The van der Waals surface area contributed by atoms with Crippen molar-refractivity contribution < 1.29 is 13.9 Å². The van der Waals surface area contributed by atoms with Crippen molar-refractivity contribution in [2.45, 2.75) is 13.0 Å². The first kappa shape index (κ1) is 17.2. The van der Waals surface area contributed by atoms with E-state index in [0.29, 0.717) is 31.9 Å². The number of hydrogen-bond donors (Lipinski definition) is 2. The summed E-state index contributed by atoms with van der Waals surface area (Å²) in [6.07, 6.45) is 2.25. The van der Waals surface area contributed by atoms with E-state index >= 15 is 0 Å². The average molecular weight is 358 g/mol. The van der Waals surface area contributed by atoms with Gasteiger partial charge in [0.1, 0.15) is 17.9 Å². The third-order valence-corrected chi connectivity index (χ3v) is 4.42. The fourth-order valence-electron chi connectivity index (χ4n) is 2.27. The van der Waals surface area contributed by atoms with Gasteiger partial charge in [-0.1, -0.05) is 6.07 Å². The van der Waals surface area contributed by atoms with Crippen LogP contribution in [0.2, 0.25) is 0 Å². The number of amides is 1. The van der Waals surface area contributed by atoms with Gasteiger partial charge < -0.3 is 19.5 Å². The van der Waals surface area contributed by atoms with Gasteiger partial charge in [0.05, 0.1) is 16.8 Å². The summed E-state index contributed by atoms with van der Waals surface area (Å²) in [5.41, 5.74) is 0.428. The quantitative estimate of drug-likeness (QED) is 0.606. The van der Waals surface area contributed by atoms with Crippen molar-refractivity contribution >= 4 is 17.2 Å². The molecule has 7 heteroatoms. The van der Waals surface area contributed by atoms with Gasteiger partial charge in [-0.2, -0.15) is 0 Å². The summed E-state index contributed by atoms with van der Waals surface area (Å²) in [6, 6.07) is 10.8. The molecule has 0 bridgehead atoms. The van der Waals surface area contributed by atoms with E-state index in [1.165, 1.54) is 11.3 Å². The Morgan fingerprint density at radius 1 is 1.24 bits per heavy atom. The standard InChI is InChI=1S/C18H18N2O4S/c21-17(19-8-3-9-23-12-13-4-1-10-24-13)14-6-7-15(20-18(14)22)16-5-2-11-25-16/h1-2,4-7,10-11H,3,8-9,12H2,(H,19,21)(H,20,22). The van der Waals surface area contributed by atoms with Crippen LogP contribution < -0.4 is 10.9 Å². The second kappa shape index (κ2) is 8.46. The van der Waals surface area contributed by atoms with E-state index in [9.17, 15) is 9.59 Å². The van der Waals surface area contributed by atoms with Gasteiger partial charge in [-0.15, -0.1) is 11.3 Å². The normalized spacial score (nSPS) is 10.7. The average Bonchev–Trinajstić information content (AvgIpc) is 3.31. The van der Waals surface area contributed by atoms with Crippen molar-refractivity contribution in [2.75, 3.05) is 13.2 Å². The second-order valence-corrected chi connectivity index (χ2v) is 6.28. The number of carbonyl (C=O) groups is 1. The maximum atomic E-state index is 12.1. The molecular weight excluding hydrogens is 340 g/mol. The molecule has 0 saturated carbocycles. The molecule has 3 aromatic rings. The predicted molar refractivity (Wildman–Crippen MR) is 95.7 cm³/mol. The minimum Gasteiger partial charge on any atom is -0.467 e. The van der Waals surface area contributed by atoms with Gasteiger partial charge in [-0.25, -0.2) is 0 Å². The van der Waals surface area contributed by atoms with Crippen LogP contribution in [0.4, 0.5) is 0 Å². The molecule has 6 nitrogen and oxygen atoms in total. The van der Waals surface area contributed by atoms with Crippen molar-refractivity contribution in [2.24, 2.45) is 0 Å². The van der Waals surface area contributed by atoms with Crippen LogP contribution in [0.15, 0.2) is 57.3 Å². The Labute approximate surface area is 148 Å². The highest BCUT2D eigenvalue weighted by Gasteiger charge is 2.11. The Balaban J connectivity index is 1.44. The number of aromatic amines is 1. The number of H-pyrrole nitrogens is 1. The number of nitrogens with one attached hydrogen (secondary N) is 2. The van der Waals surface area contributed by atoms with Crippen molar-refractivity contribution in [1.29, 1.82) is 0 Å². The molecule has 2 N–H and O–H groups in total. The number of carbonyl (C=O) groups excluding carboxylic acids is 1. The number of ether oxygens (including phenoxy) is 1. The molecule has 3 rings (SSSR count). The van der Waals surface area contributed by atoms with E-state index in [1.54, 1.807) is 24.5 Å². The molecule has 0 aliphatic carbocycles. The third kappa shape index (κ3) is 4.68. The summed E-state index contributed by atoms with van der Waals surface area (Å²) in [7, 11) is 0. The van der Waals surface area contributed by atoms with Gasteiger partial charge in [0, 0.05) is 13.2 Å². The van der Waals surface area contributed by atoms with Gasteiger partial charge in [0.25, 0.3) is 11.5 Å². The highest BCUT2D eigenvalue weighted by molar-refractivity contribution is 7.13. The predicted octanol–water partition coefficient (Wildman–Crippen LogP) is 3.03. The third-order valence-electron chi connectivity index (χ3n) is 3.52. The lowest BCUT2D eigenvalue weighted by Gasteiger charge is -2.06. The molecule has 0 unspecified atom stereocenters. The van der Waals surface area contributed by atoms with E-state index in [0.717, 1.165) is 10.6 Å². The summed E-state index contributed by atoms with van der Waals surface area (Å²) >= 11 is 1.53. The molecule has 0 atom stereocenters. The molecular formula is C18H18N2O4S. The summed E-state index contributed by atoms with van der Waals surface area (Å²) in [6.45, 7) is 1.34. The highest BCUT2D eigenvalue weighted by atomic mass is 32.1. The maximum Gasteiger partial charge on any atom is 0.261 e. The number of hydrogen-bond acceptors (Lipinski definition) is 5. The van der Waals surface area contributed by atoms with Gasteiger partial charge >= 0.3 is 0 Å². The molecule has 0 fully saturated rings. The van der Waals surface area contributed by atoms with Crippen LogP contribution in [-0.4, -0.2) is 24.0 Å². The van der Waals surface area contributed by atoms with Crippen LogP contribution in [-0.2, 0) is 11.3 Å². The Kier molecular flexibility index (Phi) is 5.81. The van der Waals surface area contributed by atoms with Crippen LogP contribution in [0.1, 0.15) is 22.5 Å². The van der Waals surface area contributed by atoms with Crippen molar-refractivity contribution in [3.05, 3.63) is 69.7 Å². The van der Waals surface area contributed by atoms with E-state index < -0.39 is 5.56 Å².